The Bertz CT molecular complexity index is 581. The van der Waals surface area contributed by atoms with Gasteiger partial charge in [0.2, 0.25) is 0 Å². The van der Waals surface area contributed by atoms with Crippen molar-refractivity contribution in [2.24, 2.45) is 0 Å². The summed E-state index contributed by atoms with van der Waals surface area (Å²) in [5.41, 5.74) is -4.89. The van der Waals surface area contributed by atoms with E-state index in [0.29, 0.717) is 5.76 Å². The quantitative estimate of drug-likeness (QED) is 0.609. The summed E-state index contributed by atoms with van der Waals surface area (Å²) in [7, 11) is 0. The molecule has 1 aromatic heterocycles. The fourth-order valence-corrected chi connectivity index (χ4v) is 3.19. The topological polar surface area (TPSA) is 131 Å². The average molecular weight is 311 g/mol. The Morgan fingerprint density at radius 3 is 2.09 bits per heavy atom. The molecule has 1 fully saturated rings. The Labute approximate surface area is 125 Å². The largest absolute Gasteiger partial charge is 0.469 e. The van der Waals surface area contributed by atoms with Crippen LogP contribution >= 0.6 is 0 Å². The summed E-state index contributed by atoms with van der Waals surface area (Å²) < 4.78 is 5.20. The average Bonchev–Trinajstić information content (AvgIpc) is 2.90. The van der Waals surface area contributed by atoms with Crippen LogP contribution in [0.1, 0.15) is 38.4 Å². The van der Waals surface area contributed by atoms with Gasteiger partial charge in [-0.3, -0.25) is 19.7 Å². The lowest BCUT2D eigenvalue weighted by atomic mass is 9.63. The molecule has 1 aliphatic rings. The normalized spacial score (nSPS) is 35.1. The van der Waals surface area contributed by atoms with Gasteiger partial charge in [-0.25, -0.2) is 0 Å². The molecule has 1 aliphatic carbocycles. The maximum absolute atomic E-state index is 11.9. The molecule has 0 amide bonds. The molecule has 1 saturated carbocycles. The minimum atomic E-state index is -2.44. The predicted octanol–water partition coefficient (Wildman–Crippen LogP) is 0.442. The molecular weight excluding hydrogens is 294 g/mol. The molecule has 22 heavy (non-hydrogen) atoms. The Hall–Kier alpha value is -2.06. The Morgan fingerprint density at radius 2 is 1.77 bits per heavy atom. The lowest BCUT2D eigenvalue weighted by molar-refractivity contribution is -0.564. The molecule has 8 heteroatoms. The smallest absolute Gasteiger partial charge is 0.283 e. The van der Waals surface area contributed by atoms with Crippen LogP contribution in [0.2, 0.25) is 0 Å². The number of aliphatic hydroxyl groups is 2. The van der Waals surface area contributed by atoms with E-state index in [1.54, 1.807) is 12.1 Å². The summed E-state index contributed by atoms with van der Waals surface area (Å²) in [4.78, 5) is 34.1. The van der Waals surface area contributed by atoms with Crippen LogP contribution in [-0.2, 0) is 9.59 Å². The first-order valence-electron chi connectivity index (χ1n) is 6.76. The van der Waals surface area contributed by atoms with Gasteiger partial charge in [0, 0.05) is 23.7 Å². The van der Waals surface area contributed by atoms with Gasteiger partial charge in [0.25, 0.3) is 6.04 Å². The highest BCUT2D eigenvalue weighted by molar-refractivity contribution is 5.91. The highest BCUT2D eigenvalue weighted by atomic mass is 16.6. The molecule has 8 nitrogen and oxygen atoms in total. The molecule has 2 rings (SSSR count). The highest BCUT2D eigenvalue weighted by Crippen LogP contribution is 2.46. The Kier molecular flexibility index (Phi) is 3.92. The van der Waals surface area contributed by atoms with Crippen molar-refractivity contribution in [2.45, 2.75) is 49.9 Å². The number of carbonyl (C=O) groups excluding carboxylic acids is 2. The summed E-state index contributed by atoms with van der Waals surface area (Å²) in [6, 6.07) is 1.04. The SMILES string of the molecule is CC(=O)[C@]1(O)CC(c2ccco2)C[C@](O)(C(C)=O)C1[N+](=O)[O-]. The molecule has 0 spiro atoms. The van der Waals surface area contributed by atoms with E-state index in [9.17, 15) is 29.9 Å². The fourth-order valence-electron chi connectivity index (χ4n) is 3.19. The molecule has 2 N–H and O–H groups in total. The fraction of sp³-hybridized carbons (Fsp3) is 0.571. The molecule has 0 aliphatic heterocycles. The summed E-state index contributed by atoms with van der Waals surface area (Å²) in [5.74, 6) is -2.08. The van der Waals surface area contributed by atoms with Crippen LogP contribution in [0.4, 0.5) is 0 Å². The monoisotopic (exact) mass is 311 g/mol. The van der Waals surface area contributed by atoms with E-state index in [1.165, 1.54) is 6.26 Å². The molecule has 0 aromatic carbocycles. The van der Waals surface area contributed by atoms with Crippen molar-refractivity contribution in [1.82, 2.24) is 0 Å². The zero-order valence-corrected chi connectivity index (χ0v) is 12.2. The van der Waals surface area contributed by atoms with Crippen molar-refractivity contribution in [3.05, 3.63) is 34.3 Å². The van der Waals surface area contributed by atoms with Gasteiger partial charge in [0.1, 0.15) is 5.76 Å². The molecule has 120 valence electrons. The van der Waals surface area contributed by atoms with Gasteiger partial charge in [-0.1, -0.05) is 0 Å². The van der Waals surface area contributed by atoms with Gasteiger partial charge in [0.15, 0.2) is 22.8 Å². The third-order valence-electron chi connectivity index (χ3n) is 4.40. The van der Waals surface area contributed by atoms with Crippen molar-refractivity contribution in [3.8, 4) is 0 Å². The van der Waals surface area contributed by atoms with E-state index < -0.39 is 39.7 Å². The van der Waals surface area contributed by atoms with Gasteiger partial charge >= 0.3 is 0 Å². The predicted molar refractivity (Wildman–Crippen MR) is 72.7 cm³/mol. The van der Waals surface area contributed by atoms with Crippen molar-refractivity contribution >= 4 is 11.6 Å². The van der Waals surface area contributed by atoms with Crippen molar-refractivity contribution < 1.29 is 29.1 Å². The van der Waals surface area contributed by atoms with Crippen molar-refractivity contribution in [1.29, 1.82) is 0 Å². The van der Waals surface area contributed by atoms with Gasteiger partial charge < -0.3 is 14.6 Å². The molecule has 1 aromatic rings. The highest BCUT2D eigenvalue weighted by Gasteiger charge is 2.67. The van der Waals surface area contributed by atoms with E-state index >= 15 is 0 Å². The van der Waals surface area contributed by atoms with Gasteiger partial charge in [-0.15, -0.1) is 0 Å². The second-order valence-electron chi connectivity index (χ2n) is 5.77. The second-order valence-corrected chi connectivity index (χ2v) is 5.77. The van der Waals surface area contributed by atoms with E-state index in [1.807, 2.05) is 0 Å². The summed E-state index contributed by atoms with van der Waals surface area (Å²) in [6.07, 6.45) is 0.780. The van der Waals surface area contributed by atoms with Crippen LogP contribution < -0.4 is 0 Å². The number of ketones is 2. The number of rotatable bonds is 4. The van der Waals surface area contributed by atoms with Gasteiger partial charge in [0.05, 0.1) is 6.26 Å². The van der Waals surface area contributed by atoms with Crippen LogP contribution in [0.25, 0.3) is 0 Å². The maximum Gasteiger partial charge on any atom is 0.283 e. The van der Waals surface area contributed by atoms with Crippen molar-refractivity contribution in [3.63, 3.8) is 0 Å². The molecule has 4 atom stereocenters. The van der Waals surface area contributed by atoms with E-state index in [4.69, 9.17) is 4.42 Å². The molecule has 1 heterocycles. The molecule has 2 unspecified atom stereocenters. The number of hydrogen-bond acceptors (Lipinski definition) is 7. The first kappa shape index (κ1) is 16.3. The summed E-state index contributed by atoms with van der Waals surface area (Å²) in [6.45, 7) is 2.00. The summed E-state index contributed by atoms with van der Waals surface area (Å²) in [5, 5.41) is 32.5. The third-order valence-corrected chi connectivity index (χ3v) is 4.40. The van der Waals surface area contributed by atoms with Crippen LogP contribution in [0.5, 0.6) is 0 Å². The first-order valence-corrected chi connectivity index (χ1v) is 6.76. The van der Waals surface area contributed by atoms with E-state index in [-0.39, 0.29) is 12.8 Å². The standard InChI is InChI=1S/C14H17NO7/c1-8(16)13(18)6-10(11-4-3-5-22-11)7-14(19,9(2)17)12(13)15(20)21/h3-5,10,12,18-19H,6-7H2,1-2H3/t10?,12?,13-,14+. The minimum Gasteiger partial charge on any atom is -0.469 e. The molecule has 0 saturated heterocycles. The minimum absolute atomic E-state index is 0.295. The van der Waals surface area contributed by atoms with Crippen LogP contribution in [0.15, 0.2) is 22.8 Å². The van der Waals surface area contributed by atoms with Gasteiger partial charge in [-0.05, 0) is 26.0 Å². The molecule has 0 radical (unpaired) electrons. The third kappa shape index (κ3) is 2.34. The zero-order valence-electron chi connectivity index (χ0n) is 12.2. The zero-order chi connectivity index (χ0) is 16.7. The summed E-state index contributed by atoms with van der Waals surface area (Å²) >= 11 is 0. The maximum atomic E-state index is 11.9. The van der Waals surface area contributed by atoms with E-state index in [0.717, 1.165) is 13.8 Å². The van der Waals surface area contributed by atoms with Crippen molar-refractivity contribution in [2.75, 3.05) is 0 Å². The number of Topliss-reactive ketones (excluding diaryl/α,β-unsaturated/α-hetero) is 2. The number of carbonyl (C=O) groups is 2. The second kappa shape index (κ2) is 5.29. The lowest BCUT2D eigenvalue weighted by Crippen LogP contribution is -2.69. The van der Waals surface area contributed by atoms with Crippen LogP contribution in [-0.4, -0.2) is 43.9 Å². The number of nitro groups is 1. The molecule has 0 bridgehead atoms. The number of furan rings is 1. The lowest BCUT2D eigenvalue weighted by Gasteiger charge is -2.44. The number of nitrogens with zero attached hydrogens (tertiary/aromatic N) is 1. The Morgan fingerprint density at radius 1 is 1.27 bits per heavy atom. The van der Waals surface area contributed by atoms with Crippen LogP contribution in [0.3, 0.4) is 0 Å². The number of hydrogen-bond donors (Lipinski definition) is 2. The van der Waals surface area contributed by atoms with E-state index in [2.05, 4.69) is 0 Å². The first-order chi connectivity index (χ1) is 10.1. The van der Waals surface area contributed by atoms with Crippen LogP contribution in [0, 0.1) is 10.1 Å². The van der Waals surface area contributed by atoms with Gasteiger partial charge in [-0.2, -0.15) is 0 Å². The molecular formula is C14H17NO7. The Balaban J connectivity index is 2.58.